The van der Waals surface area contributed by atoms with Crippen molar-refractivity contribution in [1.29, 1.82) is 5.41 Å². The highest BCUT2D eigenvalue weighted by molar-refractivity contribution is 6.28. The molecule has 32 heavy (non-hydrogen) atoms. The molecule has 0 unspecified atom stereocenters. The van der Waals surface area contributed by atoms with Crippen molar-refractivity contribution in [3.63, 3.8) is 0 Å². The Kier molecular flexibility index (Phi) is 4.66. The minimum atomic E-state index is -4.49. The number of rotatable bonds is 4. The van der Waals surface area contributed by atoms with Gasteiger partial charge in [0.1, 0.15) is 11.3 Å². The van der Waals surface area contributed by atoms with E-state index in [0.29, 0.717) is 23.7 Å². The second-order valence-electron chi connectivity index (χ2n) is 8.05. The zero-order chi connectivity index (χ0) is 22.8. The average Bonchev–Trinajstić information content (AvgIpc) is 3.47. The monoisotopic (exact) mass is 461 g/mol. The number of hydrogen-bond donors (Lipinski definition) is 1. The van der Waals surface area contributed by atoms with E-state index in [1.807, 2.05) is 19.2 Å². The van der Waals surface area contributed by atoms with Gasteiger partial charge < -0.3 is 9.13 Å². The van der Waals surface area contributed by atoms with E-state index in [1.54, 1.807) is 21.3 Å². The normalized spacial score (nSPS) is 14.4. The van der Waals surface area contributed by atoms with Gasteiger partial charge in [-0.05, 0) is 30.0 Å². The number of aromatic nitrogens is 6. The number of nitrogens with one attached hydrogen (secondary N) is 1. The van der Waals surface area contributed by atoms with Crippen molar-refractivity contribution >= 4 is 22.8 Å². The highest BCUT2D eigenvalue weighted by Crippen LogP contribution is 2.42. The van der Waals surface area contributed by atoms with E-state index in [4.69, 9.17) is 17.0 Å². The first-order chi connectivity index (χ1) is 15.1. The lowest BCUT2D eigenvalue weighted by molar-refractivity contribution is -0.140. The van der Waals surface area contributed by atoms with Crippen LogP contribution in [0.2, 0.25) is 5.28 Å². The number of alkyl halides is 3. The second-order valence-corrected chi connectivity index (χ2v) is 8.39. The number of nitrogens with zero attached hydrogens (tertiary/aromatic N) is 6. The Bertz CT molecular complexity index is 1390. The maximum absolute atomic E-state index is 13.0. The van der Waals surface area contributed by atoms with Crippen LogP contribution in [0, 0.1) is 5.41 Å². The Morgan fingerprint density at radius 2 is 1.78 bits per heavy atom. The predicted molar refractivity (Wildman–Crippen MR) is 112 cm³/mol. The van der Waals surface area contributed by atoms with E-state index in [9.17, 15) is 13.2 Å². The lowest BCUT2D eigenvalue weighted by Gasteiger charge is -2.07. The fourth-order valence-electron chi connectivity index (χ4n) is 3.93. The summed E-state index contributed by atoms with van der Waals surface area (Å²) in [6, 6.07) is 7.08. The summed E-state index contributed by atoms with van der Waals surface area (Å²) in [5.74, 6) is 0.578. The van der Waals surface area contributed by atoms with Gasteiger partial charge in [-0.25, -0.2) is 9.97 Å². The van der Waals surface area contributed by atoms with Crippen molar-refractivity contribution in [3.8, 4) is 11.4 Å². The van der Waals surface area contributed by atoms with E-state index in [0.717, 1.165) is 35.8 Å². The molecule has 0 spiro atoms. The molecule has 1 aliphatic rings. The molecule has 11 heteroatoms. The van der Waals surface area contributed by atoms with Gasteiger partial charge in [0.2, 0.25) is 10.9 Å². The Morgan fingerprint density at radius 3 is 2.38 bits per heavy atom. The van der Waals surface area contributed by atoms with Crippen LogP contribution in [0.25, 0.3) is 22.6 Å². The van der Waals surface area contributed by atoms with E-state index < -0.39 is 11.9 Å². The van der Waals surface area contributed by atoms with Gasteiger partial charge in [-0.3, -0.25) is 9.98 Å². The van der Waals surface area contributed by atoms with Gasteiger partial charge >= 0.3 is 6.18 Å². The van der Waals surface area contributed by atoms with Crippen molar-refractivity contribution in [1.82, 2.24) is 28.7 Å². The molecule has 1 N–H and O–H groups in total. The molecule has 0 saturated heterocycles. The summed E-state index contributed by atoms with van der Waals surface area (Å²) >= 11 is 6.17. The summed E-state index contributed by atoms with van der Waals surface area (Å²) in [7, 11) is 3.34. The van der Waals surface area contributed by atoms with Crippen LogP contribution in [0.5, 0.6) is 0 Å². The van der Waals surface area contributed by atoms with Crippen LogP contribution in [-0.2, 0) is 26.8 Å². The largest absolute Gasteiger partial charge is 0.434 e. The summed E-state index contributed by atoms with van der Waals surface area (Å²) < 4.78 is 43.8. The molecule has 166 valence electrons. The smallest absolute Gasteiger partial charge is 0.333 e. The molecule has 0 amide bonds. The minimum absolute atomic E-state index is 0.157. The number of halogens is 4. The molecule has 1 fully saturated rings. The maximum Gasteiger partial charge on any atom is 0.434 e. The minimum Gasteiger partial charge on any atom is -0.333 e. The molecular weight excluding hydrogens is 443 g/mol. The van der Waals surface area contributed by atoms with Crippen LogP contribution in [0.15, 0.2) is 30.5 Å². The van der Waals surface area contributed by atoms with Crippen molar-refractivity contribution in [2.75, 3.05) is 0 Å². The van der Waals surface area contributed by atoms with Gasteiger partial charge in [0.25, 0.3) is 0 Å². The summed E-state index contributed by atoms with van der Waals surface area (Å²) in [4.78, 5) is 12.5. The van der Waals surface area contributed by atoms with Gasteiger partial charge in [0, 0.05) is 31.8 Å². The molecule has 1 aromatic carbocycles. The Labute approximate surface area is 185 Å². The highest BCUT2D eigenvalue weighted by Gasteiger charge is 2.34. The number of benzene rings is 1. The molecular formula is C21H19ClF3N7. The summed E-state index contributed by atoms with van der Waals surface area (Å²) in [6.07, 6.45) is -1.42. The molecule has 3 heterocycles. The van der Waals surface area contributed by atoms with Gasteiger partial charge in [0.05, 0.1) is 12.2 Å². The van der Waals surface area contributed by atoms with Gasteiger partial charge in [-0.2, -0.15) is 18.2 Å². The number of fused-ring (bicyclic) bond motifs is 1. The van der Waals surface area contributed by atoms with Crippen LogP contribution < -0.4 is 5.62 Å². The lowest BCUT2D eigenvalue weighted by atomic mass is 10.1. The third kappa shape index (κ3) is 3.48. The van der Waals surface area contributed by atoms with E-state index in [-0.39, 0.29) is 16.7 Å². The van der Waals surface area contributed by atoms with Crippen LogP contribution in [0.4, 0.5) is 13.2 Å². The Balaban J connectivity index is 1.50. The molecule has 5 rings (SSSR count). The van der Waals surface area contributed by atoms with E-state index in [2.05, 4.69) is 15.0 Å². The van der Waals surface area contributed by atoms with Crippen molar-refractivity contribution < 1.29 is 13.2 Å². The first-order valence-electron chi connectivity index (χ1n) is 10.0. The highest BCUT2D eigenvalue weighted by atomic mass is 35.5. The van der Waals surface area contributed by atoms with E-state index in [1.165, 1.54) is 11.6 Å². The maximum atomic E-state index is 13.0. The van der Waals surface area contributed by atoms with Gasteiger partial charge in [-0.15, -0.1) is 0 Å². The number of hydrogen-bond acceptors (Lipinski definition) is 4. The standard InChI is InChI=1S/C21H19ClF3N7/c1-30-10-14(21(23,24)25)27-17(30)13-5-3-11(4-6-13)9-32-18-16(31(2)20(32)26)15(12-7-8-12)28-19(22)29-18/h3-6,10,12,26H,7-9H2,1-2H3. The van der Waals surface area contributed by atoms with Crippen molar-refractivity contribution in [2.24, 2.45) is 14.1 Å². The van der Waals surface area contributed by atoms with Gasteiger partial charge in [-0.1, -0.05) is 24.3 Å². The van der Waals surface area contributed by atoms with Crippen LogP contribution in [0.3, 0.4) is 0 Å². The third-order valence-electron chi connectivity index (χ3n) is 5.71. The zero-order valence-corrected chi connectivity index (χ0v) is 18.0. The molecule has 4 aromatic rings. The summed E-state index contributed by atoms with van der Waals surface area (Å²) in [5.41, 5.74) is 3.07. The first-order valence-corrected chi connectivity index (χ1v) is 10.4. The lowest BCUT2D eigenvalue weighted by Crippen LogP contribution is -2.23. The average molecular weight is 462 g/mol. The van der Waals surface area contributed by atoms with Crippen LogP contribution in [-0.4, -0.2) is 28.7 Å². The molecule has 0 bridgehead atoms. The Hall–Kier alpha value is -3.14. The molecule has 1 saturated carbocycles. The number of aryl methyl sites for hydroxylation is 2. The predicted octanol–water partition coefficient (Wildman–Crippen LogP) is 4.25. The van der Waals surface area contributed by atoms with Gasteiger partial charge in [0.15, 0.2) is 11.3 Å². The van der Waals surface area contributed by atoms with Crippen LogP contribution in [0.1, 0.15) is 35.7 Å². The van der Waals surface area contributed by atoms with Crippen molar-refractivity contribution in [3.05, 3.63) is 58.3 Å². The fraction of sp³-hybridized carbons (Fsp3) is 0.333. The molecule has 3 aromatic heterocycles. The third-order valence-corrected chi connectivity index (χ3v) is 5.88. The zero-order valence-electron chi connectivity index (χ0n) is 17.3. The Morgan fingerprint density at radius 1 is 1.09 bits per heavy atom. The molecule has 1 aliphatic carbocycles. The van der Waals surface area contributed by atoms with Crippen molar-refractivity contribution in [2.45, 2.75) is 31.5 Å². The topological polar surface area (TPSA) is 77.3 Å². The molecule has 0 radical (unpaired) electrons. The molecule has 7 nitrogen and oxygen atoms in total. The van der Waals surface area contributed by atoms with Crippen LogP contribution >= 0.6 is 11.6 Å². The molecule has 0 aliphatic heterocycles. The number of imidazole rings is 2. The fourth-order valence-corrected chi connectivity index (χ4v) is 4.10. The molecule has 0 atom stereocenters. The quantitative estimate of drug-likeness (QED) is 0.462. The first kappa shape index (κ1) is 20.7. The second kappa shape index (κ2) is 7.19. The SMILES string of the molecule is Cn1cc(C(F)(F)F)nc1-c1ccc(Cn2c(=N)n(C)c3c(C4CC4)nc(Cl)nc32)cc1. The summed E-state index contributed by atoms with van der Waals surface area (Å²) in [6.45, 7) is 0.363. The summed E-state index contributed by atoms with van der Waals surface area (Å²) in [5, 5.41) is 8.72. The van der Waals surface area contributed by atoms with E-state index >= 15 is 0 Å².